The van der Waals surface area contributed by atoms with Gasteiger partial charge in [-0.05, 0) is 49.6 Å². The number of methoxy groups -OCH3 is 1. The molecule has 0 aliphatic carbocycles. The van der Waals surface area contributed by atoms with Gasteiger partial charge in [-0.15, -0.1) is 0 Å². The van der Waals surface area contributed by atoms with E-state index in [9.17, 15) is 9.50 Å². The summed E-state index contributed by atoms with van der Waals surface area (Å²) in [6.07, 6.45) is 2.00. The van der Waals surface area contributed by atoms with Crippen molar-refractivity contribution in [3.05, 3.63) is 29.6 Å². The smallest absolute Gasteiger partial charge is 0.123 e. The second-order valence-electron chi connectivity index (χ2n) is 4.61. The first-order chi connectivity index (χ1) is 8.13. The maximum absolute atomic E-state index is 13.1. The molecule has 2 N–H and O–H groups in total. The normalized spacial score (nSPS) is 23.9. The topological polar surface area (TPSA) is 41.5 Å². The molecule has 94 valence electrons. The Balaban J connectivity index is 2.05. The minimum atomic E-state index is -0.655. The van der Waals surface area contributed by atoms with Gasteiger partial charge in [-0.3, -0.25) is 0 Å². The molecule has 0 radical (unpaired) electrons. The summed E-state index contributed by atoms with van der Waals surface area (Å²) in [5.74, 6) is 0.415. The molecule has 1 heterocycles. The number of hydrogen-bond donors (Lipinski definition) is 2. The Morgan fingerprint density at radius 2 is 2.35 bits per heavy atom. The van der Waals surface area contributed by atoms with Crippen LogP contribution in [0.3, 0.4) is 0 Å². The number of β-amino-alcohol motifs (C(OH)–C–C–N with tert-alkyl or cyclic N) is 1. The maximum Gasteiger partial charge on any atom is 0.123 e. The van der Waals surface area contributed by atoms with E-state index in [0.29, 0.717) is 25.1 Å². The van der Waals surface area contributed by atoms with Gasteiger partial charge in [-0.1, -0.05) is 0 Å². The largest absolute Gasteiger partial charge is 0.496 e. The molecule has 17 heavy (non-hydrogen) atoms. The molecule has 0 aromatic heterocycles. The van der Waals surface area contributed by atoms with Gasteiger partial charge in [0.05, 0.1) is 12.7 Å². The molecule has 1 fully saturated rings. The van der Waals surface area contributed by atoms with Gasteiger partial charge in [0.25, 0.3) is 0 Å². The molecule has 1 aromatic carbocycles. The highest BCUT2D eigenvalue weighted by molar-refractivity contribution is 5.34. The Morgan fingerprint density at radius 3 is 3.00 bits per heavy atom. The van der Waals surface area contributed by atoms with Crippen molar-refractivity contribution < 1.29 is 14.2 Å². The van der Waals surface area contributed by atoms with Crippen LogP contribution in [0.25, 0.3) is 0 Å². The predicted molar refractivity (Wildman–Crippen MR) is 63.7 cm³/mol. The summed E-state index contributed by atoms with van der Waals surface area (Å²) in [7, 11) is 1.57. The number of hydrogen-bond acceptors (Lipinski definition) is 3. The van der Waals surface area contributed by atoms with Gasteiger partial charge in [0.2, 0.25) is 0 Å². The number of rotatable bonds is 4. The van der Waals surface area contributed by atoms with Crippen LogP contribution in [0.4, 0.5) is 4.39 Å². The summed E-state index contributed by atoms with van der Waals surface area (Å²) in [6, 6.07) is 4.49. The number of ether oxygens (including phenoxy) is 1. The van der Waals surface area contributed by atoms with Gasteiger partial charge in [-0.2, -0.15) is 0 Å². The lowest BCUT2D eigenvalue weighted by Crippen LogP contribution is -2.31. The second kappa shape index (κ2) is 5.02. The third-order valence-electron chi connectivity index (χ3n) is 3.32. The summed E-state index contributed by atoms with van der Waals surface area (Å²) >= 11 is 0. The average molecular weight is 239 g/mol. The molecule has 0 bridgehead atoms. The van der Waals surface area contributed by atoms with Crippen molar-refractivity contribution in [3.63, 3.8) is 0 Å². The molecule has 1 aromatic rings. The van der Waals surface area contributed by atoms with E-state index in [1.165, 1.54) is 12.1 Å². The van der Waals surface area contributed by atoms with E-state index in [2.05, 4.69) is 5.32 Å². The van der Waals surface area contributed by atoms with Crippen molar-refractivity contribution in [1.82, 2.24) is 5.32 Å². The van der Waals surface area contributed by atoms with E-state index < -0.39 is 5.60 Å². The first kappa shape index (κ1) is 12.3. The van der Waals surface area contributed by atoms with E-state index >= 15 is 0 Å². The van der Waals surface area contributed by atoms with Crippen molar-refractivity contribution in [2.24, 2.45) is 0 Å². The fourth-order valence-corrected chi connectivity index (χ4v) is 2.25. The lowest BCUT2D eigenvalue weighted by Gasteiger charge is -2.21. The first-order valence-corrected chi connectivity index (χ1v) is 5.88. The molecule has 1 aliphatic heterocycles. The fourth-order valence-electron chi connectivity index (χ4n) is 2.25. The molecule has 4 heteroatoms. The molecular weight excluding hydrogens is 221 g/mol. The van der Waals surface area contributed by atoms with Crippen molar-refractivity contribution in [2.45, 2.75) is 24.9 Å². The van der Waals surface area contributed by atoms with Gasteiger partial charge in [0.15, 0.2) is 0 Å². The van der Waals surface area contributed by atoms with Gasteiger partial charge in [0.1, 0.15) is 11.6 Å². The zero-order chi connectivity index (χ0) is 12.3. The number of aliphatic hydroxyl groups is 1. The van der Waals surface area contributed by atoms with Crippen LogP contribution < -0.4 is 10.1 Å². The number of halogens is 1. The second-order valence-corrected chi connectivity index (χ2v) is 4.61. The van der Waals surface area contributed by atoms with Crippen molar-refractivity contribution in [3.8, 4) is 5.75 Å². The Bertz CT molecular complexity index is 389. The summed E-state index contributed by atoms with van der Waals surface area (Å²) in [5, 5.41) is 13.3. The van der Waals surface area contributed by atoms with Crippen LogP contribution >= 0.6 is 0 Å². The maximum atomic E-state index is 13.1. The minimum Gasteiger partial charge on any atom is -0.496 e. The summed E-state index contributed by atoms with van der Waals surface area (Å²) < 4.78 is 18.3. The molecule has 0 amide bonds. The van der Waals surface area contributed by atoms with E-state index in [1.54, 1.807) is 13.2 Å². The number of aryl methyl sites for hydroxylation is 1. The summed E-state index contributed by atoms with van der Waals surface area (Å²) in [6.45, 7) is 1.46. The molecule has 1 saturated heterocycles. The van der Waals surface area contributed by atoms with Crippen LogP contribution in [-0.2, 0) is 6.42 Å². The molecule has 1 unspecified atom stereocenters. The van der Waals surface area contributed by atoms with Crippen molar-refractivity contribution in [1.29, 1.82) is 0 Å². The molecule has 0 saturated carbocycles. The minimum absolute atomic E-state index is 0.266. The SMILES string of the molecule is COc1ccc(F)cc1CCC1(O)CCNC1. The Morgan fingerprint density at radius 1 is 1.53 bits per heavy atom. The fraction of sp³-hybridized carbons (Fsp3) is 0.538. The molecule has 3 nitrogen and oxygen atoms in total. The van der Waals surface area contributed by atoms with Crippen LogP contribution in [0.5, 0.6) is 5.75 Å². The lowest BCUT2D eigenvalue weighted by molar-refractivity contribution is 0.0525. The van der Waals surface area contributed by atoms with Crippen LogP contribution in [0.2, 0.25) is 0 Å². The number of benzene rings is 1. The molecule has 2 rings (SSSR count). The van der Waals surface area contributed by atoms with E-state index in [-0.39, 0.29) is 5.82 Å². The monoisotopic (exact) mass is 239 g/mol. The van der Waals surface area contributed by atoms with Crippen molar-refractivity contribution in [2.75, 3.05) is 20.2 Å². The average Bonchev–Trinajstić information content (AvgIpc) is 2.74. The highest BCUT2D eigenvalue weighted by Gasteiger charge is 2.30. The van der Waals surface area contributed by atoms with Crippen LogP contribution in [-0.4, -0.2) is 30.9 Å². The zero-order valence-electron chi connectivity index (χ0n) is 10.0. The molecule has 1 atom stereocenters. The first-order valence-electron chi connectivity index (χ1n) is 5.88. The number of nitrogens with one attached hydrogen (secondary N) is 1. The summed E-state index contributed by atoms with van der Waals surface area (Å²) in [4.78, 5) is 0. The molecular formula is C13H18FNO2. The van der Waals surface area contributed by atoms with Crippen LogP contribution in [0, 0.1) is 5.82 Å². The molecule has 0 spiro atoms. The third-order valence-corrected chi connectivity index (χ3v) is 3.32. The standard InChI is InChI=1S/C13H18FNO2/c1-17-12-3-2-11(14)8-10(12)4-5-13(16)6-7-15-9-13/h2-3,8,15-16H,4-7,9H2,1H3. The van der Waals surface area contributed by atoms with Gasteiger partial charge in [-0.25, -0.2) is 4.39 Å². The zero-order valence-corrected chi connectivity index (χ0v) is 10.0. The highest BCUT2D eigenvalue weighted by Crippen LogP contribution is 2.26. The van der Waals surface area contributed by atoms with Gasteiger partial charge < -0.3 is 15.2 Å². The van der Waals surface area contributed by atoms with E-state index in [0.717, 1.165) is 18.5 Å². The quantitative estimate of drug-likeness (QED) is 0.836. The van der Waals surface area contributed by atoms with Gasteiger partial charge >= 0.3 is 0 Å². The Labute approximate surface area is 101 Å². The molecule has 1 aliphatic rings. The predicted octanol–water partition coefficient (Wildman–Crippen LogP) is 1.49. The van der Waals surface area contributed by atoms with E-state index in [1.807, 2.05) is 0 Å². The summed E-state index contributed by atoms with van der Waals surface area (Å²) in [5.41, 5.74) is 0.157. The highest BCUT2D eigenvalue weighted by atomic mass is 19.1. The van der Waals surface area contributed by atoms with Crippen LogP contribution in [0.15, 0.2) is 18.2 Å². The van der Waals surface area contributed by atoms with Crippen molar-refractivity contribution >= 4 is 0 Å². The third kappa shape index (κ3) is 2.96. The Kier molecular flexibility index (Phi) is 3.64. The Hall–Kier alpha value is -1.13. The van der Waals surface area contributed by atoms with Gasteiger partial charge in [0, 0.05) is 6.54 Å². The van der Waals surface area contributed by atoms with Crippen LogP contribution in [0.1, 0.15) is 18.4 Å². The lowest BCUT2D eigenvalue weighted by atomic mass is 9.94. The van der Waals surface area contributed by atoms with E-state index in [4.69, 9.17) is 4.74 Å².